The Kier molecular flexibility index (Phi) is 6.59. The van der Waals surface area contributed by atoms with Gasteiger partial charge in [-0.3, -0.25) is 9.89 Å². The molecule has 1 unspecified atom stereocenters. The molecule has 2 saturated carbocycles. The monoisotopic (exact) mass is 424 g/mol. The summed E-state index contributed by atoms with van der Waals surface area (Å²) in [6.07, 6.45) is 7.80. The molecule has 2 aliphatic rings. The van der Waals surface area contributed by atoms with Crippen molar-refractivity contribution in [2.24, 2.45) is 5.92 Å². The predicted molar refractivity (Wildman–Crippen MR) is 120 cm³/mol. The van der Waals surface area contributed by atoms with Gasteiger partial charge in [0.25, 0.3) is 0 Å². The first kappa shape index (κ1) is 21.4. The number of rotatable bonds is 6. The van der Waals surface area contributed by atoms with E-state index in [-0.39, 0.29) is 17.9 Å². The maximum Gasteiger partial charge on any atom is 0.408 e. The summed E-state index contributed by atoms with van der Waals surface area (Å²) >= 11 is 0. The van der Waals surface area contributed by atoms with Crippen molar-refractivity contribution in [3.63, 3.8) is 0 Å². The van der Waals surface area contributed by atoms with Crippen molar-refractivity contribution in [1.29, 1.82) is 0 Å². The average molecular weight is 425 g/mol. The Labute approximate surface area is 183 Å². The second kappa shape index (κ2) is 9.54. The average Bonchev–Trinajstić information content (AvgIpc) is 3.54. The minimum atomic E-state index is -0.581. The molecule has 31 heavy (non-hydrogen) atoms. The molecular formula is C24H32N4O3. The quantitative estimate of drug-likeness (QED) is 0.577. The van der Waals surface area contributed by atoms with Crippen LogP contribution in [-0.4, -0.2) is 34.3 Å². The van der Waals surface area contributed by atoms with E-state index < -0.39 is 12.1 Å². The van der Waals surface area contributed by atoms with Crippen LogP contribution >= 0.6 is 0 Å². The molecule has 1 aromatic heterocycles. The first-order chi connectivity index (χ1) is 15.0. The number of amides is 2. The molecule has 1 atom stereocenters. The number of nitrogens with one attached hydrogen (secondary N) is 3. The third-order valence-corrected chi connectivity index (χ3v) is 6.29. The van der Waals surface area contributed by atoms with Gasteiger partial charge in [0, 0.05) is 16.9 Å². The largest absolute Gasteiger partial charge is 0.446 e. The number of alkyl carbamates (subject to hydrolysis) is 1. The molecule has 1 heterocycles. The fourth-order valence-corrected chi connectivity index (χ4v) is 4.46. The van der Waals surface area contributed by atoms with Crippen LogP contribution in [0.5, 0.6) is 0 Å². The third-order valence-electron chi connectivity index (χ3n) is 6.29. The number of carbonyl (C=O) groups is 2. The summed E-state index contributed by atoms with van der Waals surface area (Å²) < 4.78 is 5.35. The minimum Gasteiger partial charge on any atom is -0.446 e. The first-order valence-electron chi connectivity index (χ1n) is 11.4. The smallest absolute Gasteiger partial charge is 0.408 e. The summed E-state index contributed by atoms with van der Waals surface area (Å²) in [5.41, 5.74) is 4.80. The van der Waals surface area contributed by atoms with E-state index in [2.05, 4.69) is 20.8 Å². The van der Waals surface area contributed by atoms with Gasteiger partial charge in [0.2, 0.25) is 5.91 Å². The third kappa shape index (κ3) is 5.46. The molecule has 4 rings (SSSR count). The Morgan fingerprint density at radius 3 is 2.29 bits per heavy atom. The minimum absolute atomic E-state index is 0.0141. The van der Waals surface area contributed by atoms with Gasteiger partial charge in [-0.1, -0.05) is 37.8 Å². The first-order valence-corrected chi connectivity index (χ1v) is 11.4. The molecule has 2 fully saturated rings. The predicted octanol–water partition coefficient (Wildman–Crippen LogP) is 4.86. The number of hydrogen-bond acceptors (Lipinski definition) is 4. The number of aryl methyl sites for hydroxylation is 2. The van der Waals surface area contributed by atoms with Crippen molar-refractivity contribution in [1.82, 2.24) is 15.5 Å². The SMILES string of the molecule is Cc1n[nH]c(C)c1-c1ccc(NC(=O)C(NC(=O)OC2CC2)C2CCCCCC2)cc1. The summed E-state index contributed by atoms with van der Waals surface area (Å²) in [5, 5.41) is 13.1. The maximum absolute atomic E-state index is 13.2. The summed E-state index contributed by atoms with van der Waals surface area (Å²) in [6, 6.07) is 7.17. The van der Waals surface area contributed by atoms with Crippen molar-refractivity contribution < 1.29 is 14.3 Å². The molecule has 166 valence electrons. The highest BCUT2D eigenvalue weighted by atomic mass is 16.6. The van der Waals surface area contributed by atoms with E-state index in [9.17, 15) is 9.59 Å². The number of hydrogen-bond donors (Lipinski definition) is 3. The number of ether oxygens (including phenoxy) is 1. The second-order valence-corrected chi connectivity index (χ2v) is 8.85. The fraction of sp³-hybridized carbons (Fsp3) is 0.542. The Bertz CT molecular complexity index is 890. The molecule has 3 N–H and O–H groups in total. The number of anilines is 1. The fourth-order valence-electron chi connectivity index (χ4n) is 4.46. The highest BCUT2D eigenvalue weighted by Gasteiger charge is 2.33. The van der Waals surface area contributed by atoms with Crippen LogP contribution in [-0.2, 0) is 9.53 Å². The molecule has 0 radical (unpaired) electrons. The molecule has 1 aromatic carbocycles. The standard InChI is InChI=1S/C24H32N4O3/c1-15-21(16(2)28-27-15)17-9-11-19(12-10-17)25-23(29)22(18-7-5-3-4-6-8-18)26-24(30)31-20-13-14-20/h9-12,18,20,22H,3-8,13-14H2,1-2H3,(H,25,29)(H,26,30)(H,27,28). The molecule has 0 bridgehead atoms. The maximum atomic E-state index is 13.2. The van der Waals surface area contributed by atoms with Gasteiger partial charge in [0.1, 0.15) is 12.1 Å². The van der Waals surface area contributed by atoms with Crippen molar-refractivity contribution >= 4 is 17.7 Å². The summed E-state index contributed by atoms with van der Waals surface area (Å²) in [4.78, 5) is 25.5. The van der Waals surface area contributed by atoms with Gasteiger partial charge in [0.15, 0.2) is 0 Å². The highest BCUT2D eigenvalue weighted by molar-refractivity contribution is 5.97. The van der Waals surface area contributed by atoms with Crippen LogP contribution in [0.3, 0.4) is 0 Å². The molecule has 2 aromatic rings. The zero-order valence-corrected chi connectivity index (χ0v) is 18.4. The molecule has 0 spiro atoms. The molecule has 0 saturated heterocycles. The lowest BCUT2D eigenvalue weighted by atomic mass is 9.91. The van der Waals surface area contributed by atoms with Gasteiger partial charge in [0.05, 0.1) is 5.69 Å². The van der Waals surface area contributed by atoms with Crippen LogP contribution in [0.4, 0.5) is 10.5 Å². The van der Waals surface area contributed by atoms with E-state index >= 15 is 0 Å². The summed E-state index contributed by atoms with van der Waals surface area (Å²) in [6.45, 7) is 3.97. The summed E-state index contributed by atoms with van der Waals surface area (Å²) in [7, 11) is 0. The topological polar surface area (TPSA) is 96.1 Å². The van der Waals surface area contributed by atoms with Crippen LogP contribution in [0.25, 0.3) is 11.1 Å². The van der Waals surface area contributed by atoms with E-state index in [4.69, 9.17) is 4.74 Å². The van der Waals surface area contributed by atoms with Crippen LogP contribution < -0.4 is 10.6 Å². The van der Waals surface area contributed by atoms with E-state index in [0.717, 1.165) is 61.0 Å². The summed E-state index contributed by atoms with van der Waals surface area (Å²) in [5.74, 6) is -0.0483. The van der Waals surface area contributed by atoms with Crippen LogP contribution in [0.2, 0.25) is 0 Å². The lowest BCUT2D eigenvalue weighted by Gasteiger charge is -2.26. The van der Waals surface area contributed by atoms with Crippen molar-refractivity contribution in [3.05, 3.63) is 35.7 Å². The lowest BCUT2D eigenvalue weighted by molar-refractivity contribution is -0.119. The van der Waals surface area contributed by atoms with Crippen LogP contribution in [0, 0.1) is 19.8 Å². The molecule has 7 heteroatoms. The van der Waals surface area contributed by atoms with Gasteiger partial charge >= 0.3 is 6.09 Å². The lowest BCUT2D eigenvalue weighted by Crippen LogP contribution is -2.48. The molecule has 2 amide bonds. The highest BCUT2D eigenvalue weighted by Crippen LogP contribution is 2.29. The van der Waals surface area contributed by atoms with E-state index in [0.29, 0.717) is 5.69 Å². The van der Waals surface area contributed by atoms with Gasteiger partial charge in [-0.25, -0.2) is 4.79 Å². The zero-order valence-electron chi connectivity index (χ0n) is 18.4. The Morgan fingerprint density at radius 1 is 1.03 bits per heavy atom. The van der Waals surface area contributed by atoms with Crippen molar-refractivity contribution in [2.75, 3.05) is 5.32 Å². The van der Waals surface area contributed by atoms with E-state index in [1.165, 1.54) is 12.8 Å². The molecule has 2 aliphatic carbocycles. The normalized spacial score (nSPS) is 18.1. The zero-order chi connectivity index (χ0) is 21.8. The number of carbonyl (C=O) groups excluding carboxylic acids is 2. The van der Waals surface area contributed by atoms with E-state index in [1.54, 1.807) is 0 Å². The van der Waals surface area contributed by atoms with Crippen molar-refractivity contribution in [3.8, 4) is 11.1 Å². The van der Waals surface area contributed by atoms with Crippen molar-refractivity contribution in [2.45, 2.75) is 77.4 Å². The number of H-pyrrole nitrogens is 1. The Balaban J connectivity index is 1.46. The number of benzene rings is 1. The van der Waals surface area contributed by atoms with Crippen LogP contribution in [0.15, 0.2) is 24.3 Å². The van der Waals surface area contributed by atoms with Gasteiger partial charge < -0.3 is 15.4 Å². The Hall–Kier alpha value is -2.83. The molecule has 7 nitrogen and oxygen atoms in total. The van der Waals surface area contributed by atoms with Crippen LogP contribution in [0.1, 0.15) is 62.8 Å². The molecule has 0 aliphatic heterocycles. The second-order valence-electron chi connectivity index (χ2n) is 8.85. The Morgan fingerprint density at radius 2 is 1.71 bits per heavy atom. The number of aromatic amines is 1. The number of nitrogens with zero attached hydrogens (tertiary/aromatic N) is 1. The number of aromatic nitrogens is 2. The molecular weight excluding hydrogens is 392 g/mol. The van der Waals surface area contributed by atoms with E-state index in [1.807, 2.05) is 38.1 Å². The van der Waals surface area contributed by atoms with Gasteiger partial charge in [-0.2, -0.15) is 5.10 Å². The van der Waals surface area contributed by atoms with Gasteiger partial charge in [-0.05, 0) is 63.1 Å². The van der Waals surface area contributed by atoms with Gasteiger partial charge in [-0.15, -0.1) is 0 Å².